The van der Waals surface area contributed by atoms with Crippen molar-refractivity contribution in [3.63, 3.8) is 0 Å². The van der Waals surface area contributed by atoms with Crippen molar-refractivity contribution in [2.75, 3.05) is 5.32 Å². The minimum absolute atomic E-state index is 0.451. The lowest BCUT2D eigenvalue weighted by atomic mass is 10.0. The van der Waals surface area contributed by atoms with E-state index >= 15 is 0 Å². The molecule has 0 saturated carbocycles. The summed E-state index contributed by atoms with van der Waals surface area (Å²) in [5.41, 5.74) is 3.16. The van der Waals surface area contributed by atoms with Crippen LogP contribution < -0.4 is 5.32 Å². The van der Waals surface area contributed by atoms with E-state index in [1.165, 1.54) is 5.56 Å². The summed E-state index contributed by atoms with van der Waals surface area (Å²) >= 11 is 12.2. The van der Waals surface area contributed by atoms with Gasteiger partial charge in [0, 0.05) is 5.69 Å². The van der Waals surface area contributed by atoms with E-state index in [0.29, 0.717) is 16.0 Å². The van der Waals surface area contributed by atoms with Crippen LogP contribution in [0.5, 0.6) is 0 Å². The van der Waals surface area contributed by atoms with Crippen LogP contribution in [0.25, 0.3) is 0 Å². The molecule has 0 heterocycles. The van der Waals surface area contributed by atoms with Crippen molar-refractivity contribution in [3.05, 3.63) is 58.1 Å². The van der Waals surface area contributed by atoms with E-state index in [2.05, 4.69) is 25.2 Å². The Balaban J connectivity index is 2.37. The molecule has 0 fully saturated rings. The number of hydrogen-bond acceptors (Lipinski definition) is 1. The molecule has 0 saturated heterocycles. The average molecular weight is 280 g/mol. The van der Waals surface area contributed by atoms with E-state index in [1.54, 1.807) is 6.07 Å². The number of halogens is 2. The third-order valence-corrected chi connectivity index (χ3v) is 3.62. The topological polar surface area (TPSA) is 12.0 Å². The van der Waals surface area contributed by atoms with Gasteiger partial charge in [-0.15, -0.1) is 0 Å². The monoisotopic (exact) mass is 279 g/mol. The van der Waals surface area contributed by atoms with E-state index < -0.39 is 0 Å². The van der Waals surface area contributed by atoms with Gasteiger partial charge in [0.05, 0.1) is 15.7 Å². The lowest BCUT2D eigenvalue weighted by molar-refractivity contribution is 0.869. The molecule has 1 nitrogen and oxygen atoms in total. The van der Waals surface area contributed by atoms with Gasteiger partial charge in [-0.3, -0.25) is 0 Å². The molecular weight excluding hydrogens is 265 g/mol. The van der Waals surface area contributed by atoms with Crippen LogP contribution in [0.1, 0.15) is 25.3 Å². The molecule has 0 radical (unpaired) electrons. The van der Waals surface area contributed by atoms with Gasteiger partial charge in [-0.05, 0) is 29.7 Å². The normalized spacial score (nSPS) is 10.7. The van der Waals surface area contributed by atoms with Crippen LogP contribution in [0, 0.1) is 0 Å². The molecule has 0 bridgehead atoms. The highest BCUT2D eigenvalue weighted by molar-refractivity contribution is 6.43. The van der Waals surface area contributed by atoms with Crippen LogP contribution in [-0.4, -0.2) is 0 Å². The van der Waals surface area contributed by atoms with E-state index in [0.717, 1.165) is 11.4 Å². The largest absolute Gasteiger partial charge is 0.354 e. The summed E-state index contributed by atoms with van der Waals surface area (Å²) in [6.07, 6.45) is 0. The van der Waals surface area contributed by atoms with Crippen LogP contribution in [-0.2, 0) is 0 Å². The highest BCUT2D eigenvalue weighted by Gasteiger charge is 2.09. The highest BCUT2D eigenvalue weighted by atomic mass is 35.5. The molecule has 3 heteroatoms. The maximum absolute atomic E-state index is 6.18. The molecule has 0 amide bonds. The van der Waals surface area contributed by atoms with Gasteiger partial charge in [-0.25, -0.2) is 0 Å². The van der Waals surface area contributed by atoms with Crippen molar-refractivity contribution >= 4 is 34.6 Å². The van der Waals surface area contributed by atoms with E-state index in [-0.39, 0.29) is 0 Å². The van der Waals surface area contributed by atoms with Crippen molar-refractivity contribution in [3.8, 4) is 0 Å². The van der Waals surface area contributed by atoms with E-state index in [9.17, 15) is 0 Å². The standard InChI is InChI=1S/C15H15Cl2N/c1-10(2)11-6-3-4-8-13(11)18-14-9-5-7-12(16)15(14)17/h3-10,18H,1-2H3. The predicted molar refractivity (Wildman–Crippen MR) is 80.3 cm³/mol. The molecular formula is C15H15Cl2N. The molecule has 0 spiro atoms. The zero-order valence-electron chi connectivity index (χ0n) is 10.4. The lowest BCUT2D eigenvalue weighted by Crippen LogP contribution is -1.98. The minimum atomic E-state index is 0.451. The molecule has 1 N–H and O–H groups in total. The number of para-hydroxylation sites is 1. The smallest absolute Gasteiger partial charge is 0.0827 e. The molecule has 2 aromatic carbocycles. The average Bonchev–Trinajstić information content (AvgIpc) is 2.35. The number of hydrogen-bond donors (Lipinski definition) is 1. The molecule has 94 valence electrons. The first-order valence-corrected chi connectivity index (χ1v) is 6.65. The van der Waals surface area contributed by atoms with Crippen molar-refractivity contribution < 1.29 is 0 Å². The Hall–Kier alpha value is -1.18. The zero-order chi connectivity index (χ0) is 13.1. The summed E-state index contributed by atoms with van der Waals surface area (Å²) in [5.74, 6) is 0.451. The molecule has 0 unspecified atom stereocenters. The second-order valence-electron chi connectivity index (χ2n) is 4.47. The molecule has 0 aliphatic carbocycles. The summed E-state index contributed by atoms with van der Waals surface area (Å²) in [4.78, 5) is 0. The SMILES string of the molecule is CC(C)c1ccccc1Nc1cccc(Cl)c1Cl. The predicted octanol–water partition coefficient (Wildman–Crippen LogP) is 5.86. The van der Waals surface area contributed by atoms with Crippen LogP contribution in [0.3, 0.4) is 0 Å². The maximum Gasteiger partial charge on any atom is 0.0827 e. The summed E-state index contributed by atoms with van der Waals surface area (Å²) in [6.45, 7) is 4.33. The summed E-state index contributed by atoms with van der Waals surface area (Å²) in [7, 11) is 0. The van der Waals surface area contributed by atoms with Gasteiger partial charge in [-0.1, -0.05) is 61.3 Å². The van der Waals surface area contributed by atoms with Crippen molar-refractivity contribution in [2.45, 2.75) is 19.8 Å². The van der Waals surface area contributed by atoms with Crippen LogP contribution in [0.15, 0.2) is 42.5 Å². The third kappa shape index (κ3) is 2.80. The van der Waals surface area contributed by atoms with Crippen LogP contribution >= 0.6 is 23.2 Å². The summed E-state index contributed by atoms with van der Waals surface area (Å²) < 4.78 is 0. The zero-order valence-corrected chi connectivity index (χ0v) is 11.9. The van der Waals surface area contributed by atoms with Crippen LogP contribution in [0.2, 0.25) is 10.0 Å². The van der Waals surface area contributed by atoms with Crippen LogP contribution in [0.4, 0.5) is 11.4 Å². The Bertz CT molecular complexity index is 550. The first-order chi connectivity index (χ1) is 8.59. The Labute approximate surface area is 118 Å². The second kappa shape index (κ2) is 5.64. The number of nitrogens with one attached hydrogen (secondary N) is 1. The molecule has 0 aliphatic heterocycles. The Morgan fingerprint density at radius 3 is 2.28 bits per heavy atom. The van der Waals surface area contributed by atoms with Gasteiger partial charge >= 0.3 is 0 Å². The van der Waals surface area contributed by atoms with Crippen molar-refractivity contribution in [2.24, 2.45) is 0 Å². The Morgan fingerprint density at radius 1 is 0.889 bits per heavy atom. The lowest BCUT2D eigenvalue weighted by Gasteiger charge is -2.15. The Kier molecular flexibility index (Phi) is 4.15. The third-order valence-electron chi connectivity index (χ3n) is 2.80. The maximum atomic E-state index is 6.18. The fourth-order valence-electron chi connectivity index (χ4n) is 1.86. The molecule has 18 heavy (non-hydrogen) atoms. The summed E-state index contributed by atoms with van der Waals surface area (Å²) in [6, 6.07) is 13.8. The first-order valence-electron chi connectivity index (χ1n) is 5.89. The fourth-order valence-corrected chi connectivity index (χ4v) is 2.21. The van der Waals surface area contributed by atoms with Gasteiger partial charge < -0.3 is 5.32 Å². The van der Waals surface area contributed by atoms with Crippen molar-refractivity contribution in [1.82, 2.24) is 0 Å². The van der Waals surface area contributed by atoms with Gasteiger partial charge in [0.2, 0.25) is 0 Å². The molecule has 0 aliphatic rings. The van der Waals surface area contributed by atoms with Gasteiger partial charge in [0.1, 0.15) is 0 Å². The fraction of sp³-hybridized carbons (Fsp3) is 0.200. The van der Waals surface area contributed by atoms with Gasteiger partial charge in [0.25, 0.3) is 0 Å². The quantitative estimate of drug-likeness (QED) is 0.742. The molecule has 0 aromatic heterocycles. The Morgan fingerprint density at radius 2 is 1.56 bits per heavy atom. The van der Waals surface area contributed by atoms with Gasteiger partial charge in [-0.2, -0.15) is 0 Å². The number of benzene rings is 2. The van der Waals surface area contributed by atoms with E-state index in [4.69, 9.17) is 23.2 Å². The van der Waals surface area contributed by atoms with Crippen molar-refractivity contribution in [1.29, 1.82) is 0 Å². The first kappa shape index (κ1) is 13.3. The summed E-state index contributed by atoms with van der Waals surface area (Å²) in [5, 5.41) is 4.46. The van der Waals surface area contributed by atoms with Gasteiger partial charge in [0.15, 0.2) is 0 Å². The van der Waals surface area contributed by atoms with E-state index in [1.807, 2.05) is 30.3 Å². The molecule has 0 atom stereocenters. The second-order valence-corrected chi connectivity index (χ2v) is 5.25. The molecule has 2 rings (SSSR count). The highest BCUT2D eigenvalue weighted by Crippen LogP contribution is 2.34. The number of anilines is 2. The molecule has 2 aromatic rings. The number of rotatable bonds is 3. The minimum Gasteiger partial charge on any atom is -0.354 e.